The normalized spacial score (nSPS) is 11.6. The number of nitrogens with one attached hydrogen (secondary N) is 3. The molecule has 0 amide bonds. The van der Waals surface area contributed by atoms with E-state index in [1.807, 2.05) is 36.4 Å². The number of primary sulfonamides is 1. The van der Waals surface area contributed by atoms with Crippen molar-refractivity contribution in [3.05, 3.63) is 73.1 Å². The molecule has 0 saturated carbocycles. The van der Waals surface area contributed by atoms with E-state index < -0.39 is 10.0 Å². The number of hydrogen-bond donors (Lipinski definition) is 4. The minimum Gasteiger partial charge on any atom is -0.355 e. The van der Waals surface area contributed by atoms with Crippen molar-refractivity contribution in [2.24, 2.45) is 5.14 Å². The molecule has 0 atom stereocenters. The number of fused-ring (bicyclic) bond motifs is 2. The van der Waals surface area contributed by atoms with Crippen LogP contribution in [0.5, 0.6) is 0 Å². The summed E-state index contributed by atoms with van der Waals surface area (Å²) >= 11 is 0. The van der Waals surface area contributed by atoms with Gasteiger partial charge in [0.25, 0.3) is 0 Å². The topological polar surface area (TPSA) is 139 Å². The Morgan fingerprint density at radius 3 is 2.29 bits per heavy atom. The van der Waals surface area contributed by atoms with Gasteiger partial charge in [0.2, 0.25) is 16.0 Å². The lowest BCUT2D eigenvalue weighted by molar-refractivity contribution is 0.598. The van der Waals surface area contributed by atoms with Gasteiger partial charge in [0.1, 0.15) is 0 Å². The fraction of sp³-hybridized carbons (Fsp3) is 0. The first-order chi connectivity index (χ1) is 14.9. The van der Waals surface area contributed by atoms with E-state index in [2.05, 4.69) is 30.8 Å². The fourth-order valence-electron chi connectivity index (χ4n) is 3.20. The highest BCUT2D eigenvalue weighted by Gasteiger charge is 2.08. The van der Waals surface area contributed by atoms with Crippen LogP contribution in [-0.2, 0) is 10.0 Å². The number of anilines is 4. The molecule has 3 aromatic carbocycles. The third-order valence-electron chi connectivity index (χ3n) is 4.75. The number of hydrogen-bond acceptors (Lipinski definition) is 7. The highest BCUT2D eigenvalue weighted by atomic mass is 32.2. The van der Waals surface area contributed by atoms with Crippen molar-refractivity contribution < 1.29 is 8.42 Å². The Hall–Kier alpha value is -4.02. The molecule has 0 aliphatic heterocycles. The van der Waals surface area contributed by atoms with Gasteiger partial charge in [-0.2, -0.15) is 5.10 Å². The Labute approximate surface area is 177 Å². The second-order valence-corrected chi connectivity index (χ2v) is 8.52. The minimum atomic E-state index is -3.73. The predicted octanol–water partition coefficient (Wildman–Crippen LogP) is 3.64. The maximum Gasteiger partial charge on any atom is 0.238 e. The summed E-state index contributed by atoms with van der Waals surface area (Å²) in [4.78, 5) is 8.93. The van der Waals surface area contributed by atoms with Gasteiger partial charge in [-0.15, -0.1) is 0 Å². The Kier molecular flexibility index (Phi) is 4.50. The zero-order valence-electron chi connectivity index (χ0n) is 16.1. The van der Waals surface area contributed by atoms with Crippen molar-refractivity contribution in [3.8, 4) is 0 Å². The third-order valence-corrected chi connectivity index (χ3v) is 5.68. The van der Waals surface area contributed by atoms with Gasteiger partial charge in [-0.25, -0.2) is 23.5 Å². The van der Waals surface area contributed by atoms with Gasteiger partial charge >= 0.3 is 0 Å². The lowest BCUT2D eigenvalue weighted by atomic mass is 10.2. The highest BCUT2D eigenvalue weighted by Crippen LogP contribution is 2.24. The molecule has 0 radical (unpaired) electrons. The molecule has 0 aliphatic carbocycles. The molecular formula is C21H17N7O2S. The van der Waals surface area contributed by atoms with Crippen molar-refractivity contribution in [1.29, 1.82) is 0 Å². The quantitative estimate of drug-likeness (QED) is 0.333. The molecule has 31 heavy (non-hydrogen) atoms. The number of benzene rings is 3. The van der Waals surface area contributed by atoms with E-state index in [0.29, 0.717) is 11.6 Å². The minimum absolute atomic E-state index is 0.0431. The summed E-state index contributed by atoms with van der Waals surface area (Å²) in [6.45, 7) is 0. The number of sulfonamides is 1. The Morgan fingerprint density at radius 2 is 1.52 bits per heavy atom. The van der Waals surface area contributed by atoms with Gasteiger partial charge in [0, 0.05) is 34.0 Å². The van der Waals surface area contributed by atoms with Crippen LogP contribution in [0.3, 0.4) is 0 Å². The number of aromatic nitrogens is 4. The molecule has 2 heterocycles. The molecule has 5 rings (SSSR count). The zero-order valence-corrected chi connectivity index (χ0v) is 16.9. The number of nitrogens with zero attached hydrogens (tertiary/aromatic N) is 3. The van der Waals surface area contributed by atoms with Crippen LogP contribution in [0.25, 0.3) is 21.8 Å². The van der Waals surface area contributed by atoms with Crippen molar-refractivity contribution in [2.45, 2.75) is 4.90 Å². The second-order valence-electron chi connectivity index (χ2n) is 6.96. The van der Waals surface area contributed by atoms with Crippen LogP contribution in [0.4, 0.5) is 23.0 Å². The summed E-state index contributed by atoms with van der Waals surface area (Å²) in [6.07, 6.45) is 3.51. The second kappa shape index (κ2) is 7.35. The molecule has 0 bridgehead atoms. The van der Waals surface area contributed by atoms with Gasteiger partial charge < -0.3 is 10.6 Å². The van der Waals surface area contributed by atoms with E-state index >= 15 is 0 Å². The third kappa shape index (κ3) is 4.02. The molecule has 0 spiro atoms. The van der Waals surface area contributed by atoms with E-state index in [0.717, 1.165) is 33.2 Å². The number of nitrogens with two attached hydrogens (primary N) is 1. The highest BCUT2D eigenvalue weighted by molar-refractivity contribution is 7.89. The first-order valence-electron chi connectivity index (χ1n) is 9.31. The Balaban J connectivity index is 1.39. The SMILES string of the molecule is NS(=O)(=O)c1ccc(Nc2ncc3ccc(Nc4ccc5cn[nH]c5c4)cc3n2)cc1. The summed E-state index contributed by atoms with van der Waals surface area (Å²) < 4.78 is 22.8. The molecule has 9 nitrogen and oxygen atoms in total. The molecule has 0 fully saturated rings. The monoisotopic (exact) mass is 431 g/mol. The van der Waals surface area contributed by atoms with Crippen LogP contribution in [0.15, 0.2) is 78.0 Å². The van der Waals surface area contributed by atoms with Crippen molar-refractivity contribution >= 4 is 54.8 Å². The molecule has 5 N–H and O–H groups in total. The Bertz CT molecular complexity index is 1510. The first-order valence-corrected chi connectivity index (χ1v) is 10.9. The van der Waals surface area contributed by atoms with Crippen LogP contribution in [0.2, 0.25) is 0 Å². The van der Waals surface area contributed by atoms with E-state index in [9.17, 15) is 8.42 Å². The van der Waals surface area contributed by atoms with Crippen LogP contribution >= 0.6 is 0 Å². The molecule has 2 aromatic heterocycles. The molecule has 0 aliphatic rings. The van der Waals surface area contributed by atoms with Crippen LogP contribution in [-0.4, -0.2) is 28.6 Å². The van der Waals surface area contributed by atoms with Crippen LogP contribution in [0.1, 0.15) is 0 Å². The lowest BCUT2D eigenvalue weighted by Gasteiger charge is -2.09. The molecule has 154 valence electrons. The summed E-state index contributed by atoms with van der Waals surface area (Å²) in [6, 6.07) is 17.9. The molecule has 10 heteroatoms. The number of aromatic amines is 1. The molecule has 5 aromatic rings. The number of rotatable bonds is 5. The average Bonchev–Trinajstić information content (AvgIpc) is 3.21. The maximum atomic E-state index is 11.4. The van der Waals surface area contributed by atoms with E-state index in [1.54, 1.807) is 24.5 Å². The fourth-order valence-corrected chi connectivity index (χ4v) is 3.72. The number of H-pyrrole nitrogens is 1. The van der Waals surface area contributed by atoms with Gasteiger partial charge in [-0.3, -0.25) is 5.10 Å². The van der Waals surface area contributed by atoms with Crippen LogP contribution < -0.4 is 15.8 Å². The van der Waals surface area contributed by atoms with Crippen molar-refractivity contribution in [2.75, 3.05) is 10.6 Å². The summed E-state index contributed by atoms with van der Waals surface area (Å²) in [7, 11) is -3.73. The standard InChI is InChI=1S/C21H17N7O2S/c22-31(29,30)18-7-5-15(6-8-18)26-21-23-11-13-1-3-16(9-19(13)27-21)25-17-4-2-14-12-24-28-20(14)10-17/h1-12,25H,(H,24,28)(H2,22,29,30)(H,23,26,27). The largest absolute Gasteiger partial charge is 0.355 e. The first kappa shape index (κ1) is 19.0. The van der Waals surface area contributed by atoms with Gasteiger partial charge in [0.15, 0.2) is 0 Å². The lowest BCUT2D eigenvalue weighted by Crippen LogP contribution is -2.11. The zero-order chi connectivity index (χ0) is 21.4. The van der Waals surface area contributed by atoms with Gasteiger partial charge in [-0.1, -0.05) is 0 Å². The predicted molar refractivity (Wildman–Crippen MR) is 120 cm³/mol. The van der Waals surface area contributed by atoms with Crippen LogP contribution in [0, 0.1) is 0 Å². The van der Waals surface area contributed by atoms with Gasteiger partial charge in [0.05, 0.1) is 22.1 Å². The van der Waals surface area contributed by atoms with Gasteiger partial charge in [-0.05, 0) is 60.7 Å². The molecule has 0 saturated heterocycles. The summed E-state index contributed by atoms with van der Waals surface area (Å²) in [5.41, 5.74) is 4.17. The van der Waals surface area contributed by atoms with E-state index in [-0.39, 0.29) is 4.90 Å². The molecular weight excluding hydrogens is 414 g/mol. The molecule has 0 unspecified atom stereocenters. The summed E-state index contributed by atoms with van der Waals surface area (Å²) in [5.74, 6) is 0.395. The maximum absolute atomic E-state index is 11.4. The van der Waals surface area contributed by atoms with Crippen molar-refractivity contribution in [1.82, 2.24) is 20.2 Å². The Morgan fingerprint density at radius 1 is 0.806 bits per heavy atom. The smallest absolute Gasteiger partial charge is 0.238 e. The van der Waals surface area contributed by atoms with E-state index in [4.69, 9.17) is 5.14 Å². The summed E-state index contributed by atoms with van der Waals surface area (Å²) in [5, 5.41) is 20.5. The average molecular weight is 431 g/mol. The van der Waals surface area contributed by atoms with E-state index in [1.165, 1.54) is 12.1 Å². The van der Waals surface area contributed by atoms with Crippen molar-refractivity contribution in [3.63, 3.8) is 0 Å².